The van der Waals surface area contributed by atoms with E-state index in [-0.39, 0.29) is 18.7 Å². The molecule has 1 aliphatic heterocycles. The van der Waals surface area contributed by atoms with Gasteiger partial charge in [0.25, 0.3) is 5.91 Å². The molecule has 2 aromatic carbocycles. The fourth-order valence-electron chi connectivity index (χ4n) is 4.55. The maximum Gasteiger partial charge on any atom is 0.311 e. The van der Waals surface area contributed by atoms with Crippen molar-refractivity contribution in [2.75, 3.05) is 6.54 Å². The largest absolute Gasteiger partial charge is 0.460 e. The smallest absolute Gasteiger partial charge is 0.311 e. The minimum Gasteiger partial charge on any atom is -0.460 e. The quantitative estimate of drug-likeness (QED) is 0.573. The molecule has 0 aromatic heterocycles. The zero-order chi connectivity index (χ0) is 21.7. The number of carbonyl (C=O) groups excluding carboxylic acids is 3. The van der Waals surface area contributed by atoms with E-state index in [4.69, 9.17) is 4.74 Å². The van der Waals surface area contributed by atoms with Crippen molar-refractivity contribution in [3.05, 3.63) is 71.5 Å². The molecule has 0 radical (unpaired) electrons. The Kier molecular flexibility index (Phi) is 4.76. The molecule has 156 valence electrons. The number of hydrogen-bond acceptors (Lipinski definition) is 4. The van der Waals surface area contributed by atoms with Gasteiger partial charge in [-0.3, -0.25) is 14.4 Å². The van der Waals surface area contributed by atoms with Gasteiger partial charge >= 0.3 is 5.97 Å². The van der Waals surface area contributed by atoms with Crippen LogP contribution in [-0.2, 0) is 25.7 Å². The van der Waals surface area contributed by atoms with E-state index in [2.05, 4.69) is 0 Å². The first-order valence-corrected chi connectivity index (χ1v) is 10.00. The van der Waals surface area contributed by atoms with Crippen molar-refractivity contribution in [2.45, 2.75) is 38.8 Å². The van der Waals surface area contributed by atoms with E-state index in [0.29, 0.717) is 0 Å². The van der Waals surface area contributed by atoms with Crippen molar-refractivity contribution in [3.8, 4) is 0 Å². The van der Waals surface area contributed by atoms with Crippen LogP contribution in [0.15, 0.2) is 54.6 Å². The van der Waals surface area contributed by atoms with Crippen LogP contribution in [-0.4, -0.2) is 34.7 Å². The van der Waals surface area contributed by atoms with E-state index in [9.17, 15) is 18.8 Å². The highest BCUT2D eigenvalue weighted by atomic mass is 19.1. The Morgan fingerprint density at radius 1 is 1.10 bits per heavy atom. The molecule has 1 heterocycles. The summed E-state index contributed by atoms with van der Waals surface area (Å²) in [6.07, 6.45) is 0. The lowest BCUT2D eigenvalue weighted by atomic mass is 9.96. The van der Waals surface area contributed by atoms with Gasteiger partial charge in [-0.2, -0.15) is 0 Å². The predicted molar refractivity (Wildman–Crippen MR) is 108 cm³/mol. The van der Waals surface area contributed by atoms with Gasteiger partial charge in [0.15, 0.2) is 0 Å². The second-order valence-electron chi connectivity index (χ2n) is 9.03. The third-order valence-electron chi connectivity index (χ3n) is 5.81. The predicted octanol–water partition coefficient (Wildman–Crippen LogP) is 3.48. The second-order valence-corrected chi connectivity index (χ2v) is 9.03. The SMILES string of the molecule is CC(C)(C)OC(=O)[C@@H]1[C@@H](c2ccccc2F)[C@]12CN(Cc1ccccc1)C(=O)C2=O. The molecule has 1 saturated carbocycles. The van der Waals surface area contributed by atoms with Crippen molar-refractivity contribution in [2.24, 2.45) is 11.3 Å². The first-order chi connectivity index (χ1) is 14.1. The zero-order valence-corrected chi connectivity index (χ0v) is 17.2. The standard InChI is InChI=1S/C24H24FNO4/c1-23(2,3)30-22(29)19-18(16-11-7-8-12-17(16)25)24(19)14-26(21(28)20(24)27)13-15-9-5-4-6-10-15/h4-12,18-19H,13-14H2,1-3H3/t18-,19+,24-/m1/s1. The Hall–Kier alpha value is -3.02. The van der Waals surface area contributed by atoms with Crippen LogP contribution in [0.5, 0.6) is 0 Å². The minimum atomic E-state index is -1.28. The van der Waals surface area contributed by atoms with Gasteiger partial charge in [0.2, 0.25) is 5.78 Å². The van der Waals surface area contributed by atoms with Crippen LogP contribution in [0.1, 0.15) is 37.8 Å². The molecular weight excluding hydrogens is 385 g/mol. The molecule has 0 N–H and O–H groups in total. The molecule has 2 fully saturated rings. The van der Waals surface area contributed by atoms with E-state index in [0.717, 1.165) is 5.56 Å². The number of amides is 1. The topological polar surface area (TPSA) is 63.7 Å². The molecule has 1 aliphatic carbocycles. The number of nitrogens with zero attached hydrogens (tertiary/aromatic N) is 1. The van der Waals surface area contributed by atoms with Crippen LogP contribution in [0.25, 0.3) is 0 Å². The van der Waals surface area contributed by atoms with Crippen LogP contribution in [0, 0.1) is 17.2 Å². The van der Waals surface area contributed by atoms with Gasteiger partial charge in [-0.25, -0.2) is 4.39 Å². The highest BCUT2D eigenvalue weighted by Crippen LogP contribution is 2.68. The highest BCUT2D eigenvalue weighted by molar-refractivity contribution is 6.42. The molecule has 0 bridgehead atoms. The van der Waals surface area contributed by atoms with E-state index < -0.39 is 46.3 Å². The molecule has 6 heteroatoms. The number of ether oxygens (including phenoxy) is 1. The average molecular weight is 409 g/mol. The molecule has 1 saturated heterocycles. The van der Waals surface area contributed by atoms with Crippen LogP contribution < -0.4 is 0 Å². The Morgan fingerprint density at radius 2 is 1.73 bits per heavy atom. The minimum absolute atomic E-state index is 0.0719. The monoisotopic (exact) mass is 409 g/mol. The lowest BCUT2D eigenvalue weighted by Gasteiger charge is -2.20. The normalized spacial score (nSPS) is 25.7. The molecule has 4 rings (SSSR count). The van der Waals surface area contributed by atoms with Gasteiger partial charge in [-0.05, 0) is 38.0 Å². The highest BCUT2D eigenvalue weighted by Gasteiger charge is 2.78. The molecule has 2 aliphatic rings. The number of halogens is 1. The summed E-state index contributed by atoms with van der Waals surface area (Å²) in [4.78, 5) is 40.4. The molecule has 1 amide bonds. The second kappa shape index (κ2) is 7.04. The number of Topliss-reactive ketones (excluding diaryl/α,β-unsaturated/α-hetero) is 1. The number of carbonyl (C=O) groups is 3. The summed E-state index contributed by atoms with van der Waals surface area (Å²) in [6, 6.07) is 15.4. The Morgan fingerprint density at radius 3 is 2.37 bits per heavy atom. The maximum absolute atomic E-state index is 14.6. The molecule has 3 atom stereocenters. The van der Waals surface area contributed by atoms with Crippen LogP contribution in [0.3, 0.4) is 0 Å². The molecule has 0 unspecified atom stereocenters. The molecular formula is C24H24FNO4. The first kappa shape index (κ1) is 20.3. The summed E-state index contributed by atoms with van der Waals surface area (Å²) in [5, 5.41) is 0. The van der Waals surface area contributed by atoms with Crippen molar-refractivity contribution >= 4 is 17.7 Å². The third-order valence-corrected chi connectivity index (χ3v) is 5.81. The van der Waals surface area contributed by atoms with Crippen molar-refractivity contribution < 1.29 is 23.5 Å². The summed E-state index contributed by atoms with van der Waals surface area (Å²) in [6.45, 7) is 5.55. The van der Waals surface area contributed by atoms with E-state index in [1.165, 1.54) is 11.0 Å². The lowest BCUT2D eigenvalue weighted by Crippen LogP contribution is -2.28. The number of benzene rings is 2. The number of rotatable bonds is 4. The van der Waals surface area contributed by atoms with Crippen molar-refractivity contribution in [1.29, 1.82) is 0 Å². The first-order valence-electron chi connectivity index (χ1n) is 10.00. The number of esters is 1. The Bertz CT molecular complexity index is 1010. The van der Waals surface area contributed by atoms with Gasteiger partial charge in [0, 0.05) is 19.0 Å². The van der Waals surface area contributed by atoms with E-state index in [1.807, 2.05) is 30.3 Å². The van der Waals surface area contributed by atoms with Gasteiger partial charge in [-0.1, -0.05) is 48.5 Å². The molecule has 2 aromatic rings. The van der Waals surface area contributed by atoms with Gasteiger partial charge in [0.1, 0.15) is 11.4 Å². The number of ketones is 1. The van der Waals surface area contributed by atoms with E-state index in [1.54, 1.807) is 39.0 Å². The molecule has 1 spiro atoms. The van der Waals surface area contributed by atoms with Crippen LogP contribution in [0.4, 0.5) is 4.39 Å². The van der Waals surface area contributed by atoms with Gasteiger partial charge in [0.05, 0.1) is 11.3 Å². The van der Waals surface area contributed by atoms with Crippen molar-refractivity contribution in [1.82, 2.24) is 4.90 Å². The Labute approximate surface area is 174 Å². The third kappa shape index (κ3) is 3.30. The number of hydrogen-bond donors (Lipinski definition) is 0. The van der Waals surface area contributed by atoms with E-state index >= 15 is 0 Å². The van der Waals surface area contributed by atoms with Crippen LogP contribution >= 0.6 is 0 Å². The average Bonchev–Trinajstić information content (AvgIpc) is 3.28. The van der Waals surface area contributed by atoms with Crippen molar-refractivity contribution in [3.63, 3.8) is 0 Å². The molecule has 30 heavy (non-hydrogen) atoms. The van der Waals surface area contributed by atoms with Gasteiger partial charge < -0.3 is 9.64 Å². The summed E-state index contributed by atoms with van der Waals surface area (Å²) < 4.78 is 20.1. The van der Waals surface area contributed by atoms with Crippen LogP contribution in [0.2, 0.25) is 0 Å². The zero-order valence-electron chi connectivity index (χ0n) is 17.2. The fourth-order valence-corrected chi connectivity index (χ4v) is 4.55. The lowest BCUT2D eigenvalue weighted by molar-refractivity contribution is -0.158. The summed E-state index contributed by atoms with van der Waals surface area (Å²) in [5.74, 6) is -3.93. The number of likely N-dealkylation sites (tertiary alicyclic amines) is 1. The Balaban J connectivity index is 1.69. The summed E-state index contributed by atoms with van der Waals surface area (Å²) in [7, 11) is 0. The summed E-state index contributed by atoms with van der Waals surface area (Å²) >= 11 is 0. The summed E-state index contributed by atoms with van der Waals surface area (Å²) in [5.41, 5.74) is -0.879. The molecule has 5 nitrogen and oxygen atoms in total. The van der Waals surface area contributed by atoms with Gasteiger partial charge in [-0.15, -0.1) is 0 Å². The fraction of sp³-hybridized carbons (Fsp3) is 0.375. The maximum atomic E-state index is 14.6.